The molecular weight excluding hydrogens is 224 g/mol. The lowest BCUT2D eigenvalue weighted by atomic mass is 10.1. The van der Waals surface area contributed by atoms with Gasteiger partial charge in [0.15, 0.2) is 0 Å². The van der Waals surface area contributed by atoms with E-state index in [1.165, 1.54) is 16.5 Å². The number of benzene rings is 1. The van der Waals surface area contributed by atoms with Crippen LogP contribution in [-0.4, -0.2) is 24.3 Å². The fourth-order valence-electron chi connectivity index (χ4n) is 2.32. The van der Waals surface area contributed by atoms with Crippen LogP contribution in [0.25, 0.3) is 10.9 Å². The predicted octanol–water partition coefficient (Wildman–Crippen LogP) is 2.57. The third-order valence-corrected chi connectivity index (χ3v) is 3.14. The molecule has 1 unspecified atom stereocenters. The standard InChI is InChI=1S/C15H22N2O/c1-12(16)10-13-4-5-15-14(11-13)6-8-17(15)7-3-9-18-2/h4-6,8,11-12H,3,7,9-10,16H2,1-2H3. The molecule has 0 fully saturated rings. The summed E-state index contributed by atoms with van der Waals surface area (Å²) in [5, 5.41) is 1.30. The molecule has 2 N–H and O–H groups in total. The van der Waals surface area contributed by atoms with Crippen LogP contribution in [0.5, 0.6) is 0 Å². The van der Waals surface area contributed by atoms with Crippen molar-refractivity contribution < 1.29 is 4.74 Å². The Balaban J connectivity index is 2.15. The van der Waals surface area contributed by atoms with Crippen LogP contribution < -0.4 is 5.73 Å². The van der Waals surface area contributed by atoms with Crippen LogP contribution in [-0.2, 0) is 17.7 Å². The van der Waals surface area contributed by atoms with Crippen LogP contribution in [0.1, 0.15) is 18.9 Å². The lowest BCUT2D eigenvalue weighted by Gasteiger charge is -2.07. The second kappa shape index (κ2) is 6.03. The zero-order valence-corrected chi connectivity index (χ0v) is 11.2. The molecule has 1 aromatic heterocycles. The summed E-state index contributed by atoms with van der Waals surface area (Å²) < 4.78 is 7.37. The van der Waals surface area contributed by atoms with Gasteiger partial charge in [0.2, 0.25) is 0 Å². The van der Waals surface area contributed by atoms with Gasteiger partial charge in [0.05, 0.1) is 0 Å². The van der Waals surface area contributed by atoms with Crippen molar-refractivity contribution in [2.24, 2.45) is 5.73 Å². The Morgan fingerprint density at radius 1 is 1.33 bits per heavy atom. The number of nitrogens with zero attached hydrogens (tertiary/aromatic N) is 1. The number of aryl methyl sites for hydroxylation is 1. The molecule has 0 saturated heterocycles. The van der Waals surface area contributed by atoms with E-state index in [0.717, 1.165) is 26.0 Å². The molecule has 1 aromatic carbocycles. The first kappa shape index (κ1) is 13.1. The maximum Gasteiger partial charge on any atom is 0.0480 e. The zero-order chi connectivity index (χ0) is 13.0. The van der Waals surface area contributed by atoms with E-state index in [2.05, 4.69) is 35.0 Å². The van der Waals surface area contributed by atoms with Gasteiger partial charge in [0.1, 0.15) is 0 Å². The molecule has 2 aromatic rings. The Bertz CT molecular complexity index is 502. The fraction of sp³-hybridized carbons (Fsp3) is 0.467. The molecule has 0 aliphatic rings. The quantitative estimate of drug-likeness (QED) is 0.796. The molecular formula is C15H22N2O. The van der Waals surface area contributed by atoms with Gasteiger partial charge in [-0.2, -0.15) is 0 Å². The summed E-state index contributed by atoms with van der Waals surface area (Å²) in [5.41, 5.74) is 8.44. The van der Waals surface area contributed by atoms with Crippen molar-refractivity contribution in [2.45, 2.75) is 32.4 Å². The monoisotopic (exact) mass is 246 g/mol. The van der Waals surface area contributed by atoms with Crippen molar-refractivity contribution in [3.05, 3.63) is 36.0 Å². The summed E-state index contributed by atoms with van der Waals surface area (Å²) >= 11 is 0. The molecule has 0 amide bonds. The van der Waals surface area contributed by atoms with Crippen molar-refractivity contribution >= 4 is 10.9 Å². The number of rotatable bonds is 6. The molecule has 0 bridgehead atoms. The van der Waals surface area contributed by atoms with E-state index in [1.807, 2.05) is 6.92 Å². The number of aromatic nitrogens is 1. The van der Waals surface area contributed by atoms with E-state index in [-0.39, 0.29) is 6.04 Å². The molecule has 0 spiro atoms. The maximum atomic E-state index is 5.84. The fourth-order valence-corrected chi connectivity index (χ4v) is 2.32. The SMILES string of the molecule is COCCCn1ccc2cc(CC(C)N)ccc21. The van der Waals surface area contributed by atoms with Crippen LogP contribution in [0.2, 0.25) is 0 Å². The highest BCUT2D eigenvalue weighted by molar-refractivity contribution is 5.80. The first-order valence-electron chi connectivity index (χ1n) is 6.53. The summed E-state index contributed by atoms with van der Waals surface area (Å²) in [4.78, 5) is 0. The first-order chi connectivity index (χ1) is 8.70. The van der Waals surface area contributed by atoms with Gasteiger partial charge in [0.25, 0.3) is 0 Å². The van der Waals surface area contributed by atoms with E-state index in [0.29, 0.717) is 0 Å². The van der Waals surface area contributed by atoms with Crippen LogP contribution in [0.3, 0.4) is 0 Å². The van der Waals surface area contributed by atoms with Crippen LogP contribution >= 0.6 is 0 Å². The smallest absolute Gasteiger partial charge is 0.0480 e. The topological polar surface area (TPSA) is 40.2 Å². The summed E-state index contributed by atoms with van der Waals surface area (Å²) in [6.45, 7) is 3.85. The van der Waals surface area contributed by atoms with Gasteiger partial charge in [-0.15, -0.1) is 0 Å². The van der Waals surface area contributed by atoms with E-state index in [9.17, 15) is 0 Å². The van der Waals surface area contributed by atoms with Crippen molar-refractivity contribution in [3.63, 3.8) is 0 Å². The zero-order valence-electron chi connectivity index (χ0n) is 11.2. The minimum Gasteiger partial charge on any atom is -0.385 e. The Morgan fingerprint density at radius 3 is 2.89 bits per heavy atom. The number of ether oxygens (including phenoxy) is 1. The van der Waals surface area contributed by atoms with Crippen LogP contribution in [0, 0.1) is 0 Å². The molecule has 18 heavy (non-hydrogen) atoms. The summed E-state index contributed by atoms with van der Waals surface area (Å²) in [6.07, 6.45) is 4.13. The normalized spacial score (nSPS) is 13.1. The predicted molar refractivity (Wildman–Crippen MR) is 75.8 cm³/mol. The number of hydrogen-bond donors (Lipinski definition) is 1. The molecule has 0 saturated carbocycles. The second-order valence-electron chi connectivity index (χ2n) is 4.93. The molecule has 3 heteroatoms. The van der Waals surface area contributed by atoms with E-state index >= 15 is 0 Å². The summed E-state index contributed by atoms with van der Waals surface area (Å²) in [5.74, 6) is 0. The molecule has 0 radical (unpaired) electrons. The molecule has 0 aliphatic carbocycles. The molecule has 1 atom stereocenters. The Morgan fingerprint density at radius 2 is 2.17 bits per heavy atom. The molecule has 1 heterocycles. The number of nitrogens with two attached hydrogens (primary N) is 1. The Hall–Kier alpha value is -1.32. The minimum absolute atomic E-state index is 0.214. The van der Waals surface area contributed by atoms with Gasteiger partial charge in [-0.25, -0.2) is 0 Å². The lowest BCUT2D eigenvalue weighted by Crippen LogP contribution is -2.17. The average molecular weight is 246 g/mol. The van der Waals surface area contributed by atoms with Gasteiger partial charge < -0.3 is 15.0 Å². The first-order valence-corrected chi connectivity index (χ1v) is 6.53. The molecule has 0 aliphatic heterocycles. The highest BCUT2D eigenvalue weighted by Crippen LogP contribution is 2.18. The molecule has 3 nitrogen and oxygen atoms in total. The number of fused-ring (bicyclic) bond motifs is 1. The Labute approximate surface area is 109 Å². The van der Waals surface area contributed by atoms with E-state index in [1.54, 1.807) is 7.11 Å². The highest BCUT2D eigenvalue weighted by Gasteiger charge is 2.03. The van der Waals surface area contributed by atoms with Gasteiger partial charge in [-0.05, 0) is 48.9 Å². The van der Waals surface area contributed by atoms with E-state index in [4.69, 9.17) is 10.5 Å². The van der Waals surface area contributed by atoms with Gasteiger partial charge in [0, 0.05) is 38.0 Å². The molecule has 98 valence electrons. The number of hydrogen-bond acceptors (Lipinski definition) is 2. The second-order valence-corrected chi connectivity index (χ2v) is 4.93. The van der Waals surface area contributed by atoms with Crippen molar-refractivity contribution in [1.82, 2.24) is 4.57 Å². The van der Waals surface area contributed by atoms with E-state index < -0.39 is 0 Å². The Kier molecular flexibility index (Phi) is 4.39. The van der Waals surface area contributed by atoms with Crippen LogP contribution in [0.15, 0.2) is 30.5 Å². The maximum absolute atomic E-state index is 5.84. The lowest BCUT2D eigenvalue weighted by molar-refractivity contribution is 0.190. The van der Waals surface area contributed by atoms with Crippen molar-refractivity contribution in [1.29, 1.82) is 0 Å². The summed E-state index contributed by atoms with van der Waals surface area (Å²) in [7, 11) is 1.74. The van der Waals surface area contributed by atoms with Gasteiger partial charge >= 0.3 is 0 Å². The third-order valence-electron chi connectivity index (χ3n) is 3.14. The highest BCUT2D eigenvalue weighted by atomic mass is 16.5. The largest absolute Gasteiger partial charge is 0.385 e. The van der Waals surface area contributed by atoms with Gasteiger partial charge in [-0.1, -0.05) is 6.07 Å². The average Bonchev–Trinajstić information content (AvgIpc) is 2.71. The van der Waals surface area contributed by atoms with Crippen molar-refractivity contribution in [3.8, 4) is 0 Å². The minimum atomic E-state index is 0.214. The summed E-state index contributed by atoms with van der Waals surface area (Å²) in [6, 6.07) is 9.00. The van der Waals surface area contributed by atoms with Crippen LogP contribution in [0.4, 0.5) is 0 Å². The number of methoxy groups -OCH3 is 1. The third kappa shape index (κ3) is 3.12. The molecule has 2 rings (SSSR count). The van der Waals surface area contributed by atoms with Gasteiger partial charge in [-0.3, -0.25) is 0 Å². The van der Waals surface area contributed by atoms with Crippen molar-refractivity contribution in [2.75, 3.05) is 13.7 Å².